The average Bonchev–Trinajstić information content (AvgIpc) is 2.97. The lowest BCUT2D eigenvalue weighted by Crippen LogP contribution is -2.22. The Morgan fingerprint density at radius 2 is 2.08 bits per heavy atom. The highest BCUT2D eigenvalue weighted by atomic mass is 16.3. The van der Waals surface area contributed by atoms with Crippen molar-refractivity contribution in [3.05, 3.63) is 72.0 Å². The number of benzene rings is 1. The lowest BCUT2D eigenvalue weighted by Gasteiger charge is -2.14. The van der Waals surface area contributed by atoms with Gasteiger partial charge in [-0.05, 0) is 18.9 Å². The molecule has 1 aromatic heterocycles. The minimum atomic E-state index is -0.288. The number of nitrogens with two attached hydrogens (primary N) is 2. The molecule has 1 aliphatic rings. The van der Waals surface area contributed by atoms with Crippen molar-refractivity contribution in [2.45, 2.75) is 12.8 Å². The van der Waals surface area contributed by atoms with Crippen LogP contribution in [-0.2, 0) is 4.79 Å². The Morgan fingerprint density at radius 1 is 1.29 bits per heavy atom. The van der Waals surface area contributed by atoms with E-state index in [0.717, 1.165) is 23.3 Å². The van der Waals surface area contributed by atoms with E-state index in [0.29, 0.717) is 17.9 Å². The number of hydrogen-bond acceptors (Lipinski definition) is 3. The fraction of sp³-hybridized carbons (Fsp3) is 0.150. The minimum absolute atomic E-state index is 0.211. The molecule has 1 amide bonds. The first-order valence-corrected chi connectivity index (χ1v) is 7.90. The summed E-state index contributed by atoms with van der Waals surface area (Å²) in [5.74, 6) is 0.897. The monoisotopic (exact) mass is 320 g/mol. The van der Waals surface area contributed by atoms with Crippen LogP contribution < -0.4 is 11.5 Å². The molecule has 0 radical (unpaired) electrons. The van der Waals surface area contributed by atoms with Gasteiger partial charge in [-0.15, -0.1) is 0 Å². The van der Waals surface area contributed by atoms with E-state index in [1.165, 1.54) is 0 Å². The molecule has 0 bridgehead atoms. The lowest BCUT2D eigenvalue weighted by atomic mass is 9.92. The van der Waals surface area contributed by atoms with Gasteiger partial charge in [-0.3, -0.25) is 4.79 Å². The number of anilines is 1. The largest absolute Gasteiger partial charge is 0.455 e. The molecule has 1 unspecified atom stereocenters. The van der Waals surface area contributed by atoms with Gasteiger partial charge in [0.1, 0.15) is 11.5 Å². The van der Waals surface area contributed by atoms with Crippen LogP contribution in [0.4, 0.5) is 5.69 Å². The second kappa shape index (κ2) is 7.04. The van der Waals surface area contributed by atoms with E-state index >= 15 is 0 Å². The summed E-state index contributed by atoms with van der Waals surface area (Å²) in [4.78, 5) is 11.3. The second-order valence-electron chi connectivity index (χ2n) is 5.83. The number of carbonyl (C=O) groups is 1. The highest BCUT2D eigenvalue weighted by Crippen LogP contribution is 2.28. The van der Waals surface area contributed by atoms with Gasteiger partial charge in [0.2, 0.25) is 5.91 Å². The first kappa shape index (κ1) is 15.9. The Balaban J connectivity index is 1.67. The molecule has 24 heavy (non-hydrogen) atoms. The third kappa shape index (κ3) is 3.66. The molecular formula is C20H20N2O2. The quantitative estimate of drug-likeness (QED) is 0.876. The van der Waals surface area contributed by atoms with Crippen LogP contribution in [0.3, 0.4) is 0 Å². The zero-order valence-corrected chi connectivity index (χ0v) is 13.3. The van der Waals surface area contributed by atoms with Crippen molar-refractivity contribution in [2.75, 3.05) is 5.73 Å². The number of rotatable bonds is 5. The van der Waals surface area contributed by atoms with Gasteiger partial charge in [-0.25, -0.2) is 0 Å². The number of carbonyl (C=O) groups excluding carboxylic acids is 1. The van der Waals surface area contributed by atoms with Crippen molar-refractivity contribution in [1.29, 1.82) is 0 Å². The average molecular weight is 320 g/mol. The summed E-state index contributed by atoms with van der Waals surface area (Å²) in [6.45, 7) is 0. The number of furan rings is 1. The third-order valence-electron chi connectivity index (χ3n) is 4.02. The van der Waals surface area contributed by atoms with Crippen LogP contribution in [0.15, 0.2) is 70.7 Å². The van der Waals surface area contributed by atoms with E-state index < -0.39 is 0 Å². The van der Waals surface area contributed by atoms with Gasteiger partial charge in [0.25, 0.3) is 0 Å². The second-order valence-corrected chi connectivity index (χ2v) is 5.83. The molecule has 0 aliphatic heterocycles. The van der Waals surface area contributed by atoms with Crippen LogP contribution in [0.1, 0.15) is 18.6 Å². The van der Waals surface area contributed by atoms with Crippen molar-refractivity contribution < 1.29 is 9.21 Å². The number of primary amides is 1. The lowest BCUT2D eigenvalue weighted by molar-refractivity contribution is -0.120. The molecule has 1 aliphatic carbocycles. The van der Waals surface area contributed by atoms with Gasteiger partial charge in [-0.2, -0.15) is 0 Å². The van der Waals surface area contributed by atoms with Crippen molar-refractivity contribution in [3.8, 4) is 11.3 Å². The van der Waals surface area contributed by atoms with E-state index in [2.05, 4.69) is 0 Å². The molecule has 0 saturated carbocycles. The zero-order valence-electron chi connectivity index (χ0n) is 13.3. The van der Waals surface area contributed by atoms with Gasteiger partial charge in [0, 0.05) is 11.6 Å². The maximum Gasteiger partial charge on any atom is 0.224 e. The van der Waals surface area contributed by atoms with Crippen molar-refractivity contribution in [1.82, 2.24) is 0 Å². The molecule has 0 fully saturated rings. The van der Waals surface area contributed by atoms with E-state index in [9.17, 15) is 4.79 Å². The van der Waals surface area contributed by atoms with Crippen LogP contribution in [0.25, 0.3) is 17.4 Å². The van der Waals surface area contributed by atoms with Crippen LogP contribution in [0.5, 0.6) is 0 Å². The topological polar surface area (TPSA) is 82.2 Å². The van der Waals surface area contributed by atoms with E-state index in [1.54, 1.807) is 0 Å². The Labute approximate surface area is 141 Å². The van der Waals surface area contributed by atoms with Crippen LogP contribution in [0, 0.1) is 5.92 Å². The van der Waals surface area contributed by atoms with Gasteiger partial charge in [-0.1, -0.05) is 60.2 Å². The van der Waals surface area contributed by atoms with Crippen molar-refractivity contribution >= 4 is 17.7 Å². The van der Waals surface area contributed by atoms with Gasteiger partial charge < -0.3 is 15.9 Å². The molecule has 1 aromatic carbocycles. The number of hydrogen-bond donors (Lipinski definition) is 2. The Kier molecular flexibility index (Phi) is 4.66. The number of amides is 1. The molecule has 0 saturated heterocycles. The summed E-state index contributed by atoms with van der Waals surface area (Å²) in [5.41, 5.74) is 14.1. The molecule has 122 valence electrons. The highest BCUT2D eigenvalue weighted by molar-refractivity contribution is 5.79. The first-order valence-electron chi connectivity index (χ1n) is 7.90. The molecular weight excluding hydrogens is 300 g/mol. The van der Waals surface area contributed by atoms with Gasteiger partial charge in [0.15, 0.2) is 0 Å². The molecule has 0 spiro atoms. The molecule has 4 heteroatoms. The smallest absolute Gasteiger partial charge is 0.224 e. The molecule has 1 heterocycles. The van der Waals surface area contributed by atoms with Gasteiger partial charge in [0.05, 0.1) is 11.6 Å². The summed E-state index contributed by atoms with van der Waals surface area (Å²) in [6, 6.07) is 11.7. The summed E-state index contributed by atoms with van der Waals surface area (Å²) in [5, 5.41) is 0. The van der Waals surface area contributed by atoms with Crippen molar-refractivity contribution in [3.63, 3.8) is 0 Å². The highest BCUT2D eigenvalue weighted by Gasteiger charge is 2.15. The normalized spacial score (nSPS) is 17.2. The fourth-order valence-electron chi connectivity index (χ4n) is 2.70. The third-order valence-corrected chi connectivity index (χ3v) is 4.02. The summed E-state index contributed by atoms with van der Waals surface area (Å²) < 4.78 is 5.83. The minimum Gasteiger partial charge on any atom is -0.455 e. The van der Waals surface area contributed by atoms with Crippen LogP contribution in [-0.4, -0.2) is 5.91 Å². The Bertz CT molecular complexity index is 813. The Morgan fingerprint density at radius 3 is 2.83 bits per heavy atom. The van der Waals surface area contributed by atoms with E-state index in [-0.39, 0.29) is 11.8 Å². The van der Waals surface area contributed by atoms with Crippen LogP contribution in [0.2, 0.25) is 0 Å². The first-order chi connectivity index (χ1) is 11.6. The van der Waals surface area contributed by atoms with Gasteiger partial charge >= 0.3 is 0 Å². The van der Waals surface area contributed by atoms with Crippen LogP contribution >= 0.6 is 0 Å². The maximum absolute atomic E-state index is 11.3. The molecule has 3 rings (SSSR count). The van der Waals surface area contributed by atoms with Crippen molar-refractivity contribution in [2.24, 2.45) is 11.7 Å². The molecule has 2 aromatic rings. The number of allylic oxidation sites excluding steroid dienone is 4. The summed E-state index contributed by atoms with van der Waals surface area (Å²) in [7, 11) is 0. The fourth-order valence-corrected chi connectivity index (χ4v) is 2.70. The Hall–Kier alpha value is -3.01. The van der Waals surface area contributed by atoms with E-state index in [4.69, 9.17) is 15.9 Å². The molecule has 1 atom stereocenters. The predicted octanol–water partition coefficient (Wildman–Crippen LogP) is 3.92. The summed E-state index contributed by atoms with van der Waals surface area (Å²) in [6.07, 6.45) is 11.0. The molecule has 4 nitrogen and oxygen atoms in total. The zero-order chi connectivity index (χ0) is 16.9. The molecule has 4 N–H and O–H groups in total. The predicted molar refractivity (Wildman–Crippen MR) is 96.7 cm³/mol. The maximum atomic E-state index is 11.3. The summed E-state index contributed by atoms with van der Waals surface area (Å²) >= 11 is 0. The van der Waals surface area contributed by atoms with E-state index in [1.807, 2.05) is 66.8 Å². The SMILES string of the molecule is NC(=O)C1C=CC=C(C/C=C/c2oc(-c3ccccc3)cc2N)C1. The number of nitrogen functional groups attached to an aromatic ring is 1. The standard InChI is InChI=1S/C20H20N2O2/c21-17-13-19(15-8-2-1-3-9-15)24-18(17)11-5-7-14-6-4-10-16(12-14)20(22)23/h1-6,8-11,13,16H,7,12,21H2,(H2,22,23)/b11-5+.